The van der Waals surface area contributed by atoms with Crippen LogP contribution in [0.5, 0.6) is 0 Å². The quantitative estimate of drug-likeness (QED) is 0.548. The lowest BCUT2D eigenvalue weighted by molar-refractivity contribution is 0.133. The van der Waals surface area contributed by atoms with Gasteiger partial charge < -0.3 is 5.11 Å². The molecule has 1 heteroatoms. The van der Waals surface area contributed by atoms with Gasteiger partial charge in [-0.15, -0.1) is 0 Å². The number of fused-ring (bicyclic) bond motifs is 2. The highest BCUT2D eigenvalue weighted by molar-refractivity contribution is 5.26. The zero-order chi connectivity index (χ0) is 8.93. The van der Waals surface area contributed by atoms with Gasteiger partial charge >= 0.3 is 0 Å². The van der Waals surface area contributed by atoms with Gasteiger partial charge in [-0.3, -0.25) is 0 Å². The van der Waals surface area contributed by atoms with E-state index in [2.05, 4.69) is 26.8 Å². The second-order valence-corrected chi connectivity index (χ2v) is 5.28. The molecule has 1 saturated carbocycles. The number of aliphatic hydroxyl groups excluding tert-OH is 1. The molecule has 2 aliphatic rings. The molecular weight excluding hydrogens is 148 g/mol. The van der Waals surface area contributed by atoms with E-state index in [1.165, 1.54) is 12.0 Å². The lowest BCUT2D eigenvalue weighted by atomic mass is 9.78. The number of hydrogen-bond donors (Lipinski definition) is 1. The summed E-state index contributed by atoms with van der Waals surface area (Å²) in [4.78, 5) is 0. The smallest absolute Gasteiger partial charge is 0.0611 e. The van der Waals surface area contributed by atoms with Crippen molar-refractivity contribution in [2.45, 2.75) is 39.7 Å². The first-order valence-corrected chi connectivity index (χ1v) is 4.89. The van der Waals surface area contributed by atoms with E-state index in [1.807, 2.05) is 0 Å². The van der Waals surface area contributed by atoms with Gasteiger partial charge in [-0.2, -0.15) is 0 Å². The van der Waals surface area contributed by atoms with Gasteiger partial charge in [0.2, 0.25) is 0 Å². The Morgan fingerprint density at radius 3 is 2.33 bits per heavy atom. The number of rotatable bonds is 0. The molecule has 2 bridgehead atoms. The van der Waals surface area contributed by atoms with Crippen LogP contribution < -0.4 is 0 Å². The minimum atomic E-state index is -0.0470. The molecule has 0 aromatic carbocycles. The molecule has 0 amide bonds. The first kappa shape index (κ1) is 8.31. The van der Waals surface area contributed by atoms with Crippen LogP contribution in [0.1, 0.15) is 33.6 Å². The molecule has 1 nitrogen and oxygen atoms in total. The van der Waals surface area contributed by atoms with E-state index in [9.17, 15) is 5.11 Å². The van der Waals surface area contributed by atoms with E-state index in [4.69, 9.17) is 0 Å². The fourth-order valence-corrected chi connectivity index (χ4v) is 2.71. The molecule has 1 fully saturated rings. The standard InChI is InChI=1S/C11H18O/c1-11(2,3)9-5-7-4-8(9)10(12)6-7/h5,7-8,10,12H,4,6H2,1-3H3/t7-,8+,10-/m1/s1. The van der Waals surface area contributed by atoms with Gasteiger partial charge in [-0.25, -0.2) is 0 Å². The van der Waals surface area contributed by atoms with Gasteiger partial charge in [0, 0.05) is 5.92 Å². The topological polar surface area (TPSA) is 20.2 Å². The Morgan fingerprint density at radius 1 is 1.33 bits per heavy atom. The largest absolute Gasteiger partial charge is 0.392 e. The first-order valence-electron chi connectivity index (χ1n) is 4.89. The highest BCUT2D eigenvalue weighted by atomic mass is 16.3. The van der Waals surface area contributed by atoms with Crippen LogP contribution >= 0.6 is 0 Å². The van der Waals surface area contributed by atoms with Crippen molar-refractivity contribution in [3.8, 4) is 0 Å². The van der Waals surface area contributed by atoms with Crippen molar-refractivity contribution in [3.63, 3.8) is 0 Å². The Hall–Kier alpha value is -0.300. The summed E-state index contributed by atoms with van der Waals surface area (Å²) in [6, 6.07) is 0. The SMILES string of the molecule is CC(C)(C)C1=C[C@@H]2C[C@@H](O)[C@H]1C2. The second kappa shape index (κ2) is 2.35. The van der Waals surface area contributed by atoms with Crippen molar-refractivity contribution in [2.24, 2.45) is 17.3 Å². The van der Waals surface area contributed by atoms with Gasteiger partial charge in [0.25, 0.3) is 0 Å². The lowest BCUT2D eigenvalue weighted by Crippen LogP contribution is -2.24. The number of allylic oxidation sites excluding steroid dienone is 1. The Bertz CT molecular complexity index is 222. The van der Waals surface area contributed by atoms with E-state index < -0.39 is 0 Å². The van der Waals surface area contributed by atoms with Crippen molar-refractivity contribution in [2.75, 3.05) is 0 Å². The summed E-state index contributed by atoms with van der Waals surface area (Å²) in [6.45, 7) is 6.73. The van der Waals surface area contributed by atoms with Gasteiger partial charge in [-0.05, 0) is 24.2 Å². The predicted octanol–water partition coefficient (Wildman–Crippen LogP) is 2.36. The molecule has 2 aliphatic carbocycles. The summed E-state index contributed by atoms with van der Waals surface area (Å²) >= 11 is 0. The summed E-state index contributed by atoms with van der Waals surface area (Å²) in [5.41, 5.74) is 1.76. The maximum absolute atomic E-state index is 9.71. The van der Waals surface area contributed by atoms with Crippen LogP contribution in [-0.2, 0) is 0 Å². The average Bonchev–Trinajstić information content (AvgIpc) is 2.41. The van der Waals surface area contributed by atoms with Crippen molar-refractivity contribution in [1.82, 2.24) is 0 Å². The van der Waals surface area contributed by atoms with Gasteiger partial charge in [0.1, 0.15) is 0 Å². The zero-order valence-electron chi connectivity index (χ0n) is 8.17. The van der Waals surface area contributed by atoms with Crippen molar-refractivity contribution < 1.29 is 5.11 Å². The van der Waals surface area contributed by atoms with E-state index in [0.717, 1.165) is 6.42 Å². The summed E-state index contributed by atoms with van der Waals surface area (Å²) in [5, 5.41) is 9.71. The lowest BCUT2D eigenvalue weighted by Gasteiger charge is -2.29. The molecule has 0 unspecified atom stereocenters. The summed E-state index contributed by atoms with van der Waals surface area (Å²) in [6.07, 6.45) is 4.56. The van der Waals surface area contributed by atoms with Crippen LogP contribution in [0.25, 0.3) is 0 Å². The molecule has 2 rings (SSSR count). The zero-order valence-corrected chi connectivity index (χ0v) is 8.17. The monoisotopic (exact) mass is 166 g/mol. The van der Waals surface area contributed by atoms with Crippen LogP contribution in [0.4, 0.5) is 0 Å². The van der Waals surface area contributed by atoms with E-state index in [0.29, 0.717) is 11.8 Å². The van der Waals surface area contributed by atoms with E-state index in [-0.39, 0.29) is 11.5 Å². The third-order valence-electron chi connectivity index (χ3n) is 3.25. The molecule has 0 heterocycles. The summed E-state index contributed by atoms with van der Waals surface area (Å²) < 4.78 is 0. The van der Waals surface area contributed by atoms with Gasteiger partial charge in [0.15, 0.2) is 0 Å². The minimum Gasteiger partial charge on any atom is -0.392 e. The van der Waals surface area contributed by atoms with Crippen LogP contribution in [0.15, 0.2) is 11.6 Å². The highest BCUT2D eigenvalue weighted by Gasteiger charge is 2.43. The molecule has 1 N–H and O–H groups in total. The fourth-order valence-electron chi connectivity index (χ4n) is 2.71. The van der Waals surface area contributed by atoms with E-state index in [1.54, 1.807) is 0 Å². The highest BCUT2D eigenvalue weighted by Crippen LogP contribution is 2.49. The third-order valence-corrected chi connectivity index (χ3v) is 3.25. The number of hydrogen-bond acceptors (Lipinski definition) is 1. The molecule has 68 valence electrons. The maximum atomic E-state index is 9.71. The first-order chi connectivity index (χ1) is 5.48. The van der Waals surface area contributed by atoms with Gasteiger partial charge in [-0.1, -0.05) is 32.4 Å². The Balaban J connectivity index is 2.25. The second-order valence-electron chi connectivity index (χ2n) is 5.28. The van der Waals surface area contributed by atoms with E-state index >= 15 is 0 Å². The molecule has 0 spiro atoms. The van der Waals surface area contributed by atoms with Crippen LogP contribution in [-0.4, -0.2) is 11.2 Å². The Labute approximate surface area is 74.5 Å². The van der Waals surface area contributed by atoms with Crippen LogP contribution in [0, 0.1) is 17.3 Å². The molecule has 0 aromatic heterocycles. The van der Waals surface area contributed by atoms with Crippen molar-refractivity contribution in [3.05, 3.63) is 11.6 Å². The third kappa shape index (κ3) is 1.11. The molecule has 0 radical (unpaired) electrons. The minimum absolute atomic E-state index is 0.0470. The molecule has 0 saturated heterocycles. The Morgan fingerprint density at radius 2 is 2.00 bits per heavy atom. The molecule has 3 atom stereocenters. The average molecular weight is 166 g/mol. The molecule has 0 aromatic rings. The molecule has 12 heavy (non-hydrogen) atoms. The maximum Gasteiger partial charge on any atom is 0.0611 e. The van der Waals surface area contributed by atoms with Crippen LogP contribution in [0.2, 0.25) is 0 Å². The number of aliphatic hydroxyl groups is 1. The van der Waals surface area contributed by atoms with Crippen molar-refractivity contribution in [1.29, 1.82) is 0 Å². The normalized spacial score (nSPS) is 40.3. The van der Waals surface area contributed by atoms with Gasteiger partial charge in [0.05, 0.1) is 6.10 Å². The summed E-state index contributed by atoms with van der Waals surface area (Å²) in [7, 11) is 0. The van der Waals surface area contributed by atoms with Crippen LogP contribution in [0.3, 0.4) is 0 Å². The predicted molar refractivity (Wildman–Crippen MR) is 49.8 cm³/mol. The molecule has 0 aliphatic heterocycles. The fraction of sp³-hybridized carbons (Fsp3) is 0.818. The summed E-state index contributed by atoms with van der Waals surface area (Å²) in [5.74, 6) is 1.16. The molecular formula is C11H18O. The van der Waals surface area contributed by atoms with Crippen molar-refractivity contribution >= 4 is 0 Å². The Kier molecular flexibility index (Phi) is 1.63.